The van der Waals surface area contributed by atoms with Gasteiger partial charge in [0.2, 0.25) is 5.95 Å². The summed E-state index contributed by atoms with van der Waals surface area (Å²) in [5, 5.41) is 22.5. The number of carboxylic acids is 1. The van der Waals surface area contributed by atoms with E-state index in [-0.39, 0.29) is 19.0 Å². The number of nitrogens with one attached hydrogen (secondary N) is 1. The summed E-state index contributed by atoms with van der Waals surface area (Å²) in [6.07, 6.45) is -0.988. The second-order valence-corrected chi connectivity index (χ2v) is 10.4. The van der Waals surface area contributed by atoms with Gasteiger partial charge in [-0.3, -0.25) is 13.9 Å². The van der Waals surface area contributed by atoms with Crippen LogP contribution in [0.3, 0.4) is 0 Å². The normalized spacial score (nSPS) is 22.7. The third kappa shape index (κ3) is 5.92. The van der Waals surface area contributed by atoms with Gasteiger partial charge in [0, 0.05) is 6.42 Å². The topological polar surface area (TPSA) is 184 Å². The van der Waals surface area contributed by atoms with Gasteiger partial charge < -0.3 is 29.9 Å². The first-order chi connectivity index (χ1) is 16.6. The van der Waals surface area contributed by atoms with E-state index < -0.39 is 44.3 Å². The van der Waals surface area contributed by atoms with Gasteiger partial charge in [0.1, 0.15) is 41.0 Å². The average molecular weight is 524 g/mol. The number of aliphatic hydroxyl groups excluding tert-OH is 1. The minimum Gasteiger partial charge on any atom is -0.480 e. The van der Waals surface area contributed by atoms with Crippen LogP contribution in [0.25, 0.3) is 11.2 Å². The molecule has 3 heterocycles. The SMILES string of the molecule is CC(NP(=O)(COC[C@H]1O[C@@H](n2cnc3c(S)nc(N)nc32)C[C@@H]1O)Oc1ccccc1)C(=O)O. The Labute approximate surface area is 205 Å². The van der Waals surface area contributed by atoms with Crippen molar-refractivity contribution in [2.45, 2.75) is 42.8 Å². The van der Waals surface area contributed by atoms with Crippen molar-refractivity contribution < 1.29 is 33.6 Å². The number of nitrogens with two attached hydrogens (primary N) is 1. The van der Waals surface area contributed by atoms with Crippen LogP contribution in [0.1, 0.15) is 19.6 Å². The van der Waals surface area contributed by atoms with Gasteiger partial charge in [-0.2, -0.15) is 4.98 Å². The second kappa shape index (κ2) is 10.5. The number of aromatic nitrogens is 4. The Morgan fingerprint density at radius 1 is 1.40 bits per heavy atom. The fraction of sp³-hybridized carbons (Fsp3) is 0.400. The van der Waals surface area contributed by atoms with Gasteiger partial charge in [0.25, 0.3) is 0 Å². The molecule has 2 aromatic heterocycles. The number of benzene rings is 1. The number of nitrogen functional groups attached to an aromatic ring is 1. The lowest BCUT2D eigenvalue weighted by molar-refractivity contribution is -0.138. The van der Waals surface area contributed by atoms with Crippen molar-refractivity contribution in [3.8, 4) is 5.75 Å². The van der Waals surface area contributed by atoms with Crippen molar-refractivity contribution in [2.75, 3.05) is 18.7 Å². The van der Waals surface area contributed by atoms with Gasteiger partial charge in [0.05, 0.1) is 19.0 Å². The Kier molecular flexibility index (Phi) is 7.59. The lowest BCUT2D eigenvalue weighted by Gasteiger charge is -2.23. The molecule has 0 saturated carbocycles. The molecule has 13 nitrogen and oxygen atoms in total. The summed E-state index contributed by atoms with van der Waals surface area (Å²) in [6, 6.07) is 7.19. The van der Waals surface area contributed by atoms with Crippen LogP contribution in [0, 0.1) is 0 Å². The number of thiol groups is 1. The number of carboxylic acid groups (broad SMARTS) is 1. The monoisotopic (exact) mass is 524 g/mol. The molecule has 5 N–H and O–H groups in total. The maximum absolute atomic E-state index is 13.3. The van der Waals surface area contributed by atoms with Gasteiger partial charge in [-0.1, -0.05) is 18.2 Å². The molecular weight excluding hydrogens is 499 g/mol. The number of aliphatic carboxylic acids is 1. The molecule has 35 heavy (non-hydrogen) atoms. The minimum absolute atomic E-state index is 0.0277. The molecule has 0 spiro atoms. The fourth-order valence-corrected chi connectivity index (χ4v) is 5.49. The summed E-state index contributed by atoms with van der Waals surface area (Å²) in [5.74, 6) is -0.876. The number of hydrogen-bond acceptors (Lipinski definition) is 11. The number of hydrogen-bond donors (Lipinski definition) is 5. The highest BCUT2D eigenvalue weighted by molar-refractivity contribution is 7.80. The first-order valence-corrected chi connectivity index (χ1v) is 12.9. The highest BCUT2D eigenvalue weighted by atomic mass is 32.1. The number of nitrogens with zero attached hydrogens (tertiary/aromatic N) is 4. The molecule has 2 unspecified atom stereocenters. The highest BCUT2D eigenvalue weighted by Crippen LogP contribution is 2.44. The molecule has 188 valence electrons. The summed E-state index contributed by atoms with van der Waals surface area (Å²) < 4.78 is 32.1. The predicted molar refractivity (Wildman–Crippen MR) is 127 cm³/mol. The van der Waals surface area contributed by atoms with Gasteiger partial charge in [-0.15, -0.1) is 12.6 Å². The maximum atomic E-state index is 13.3. The van der Waals surface area contributed by atoms with Crippen LogP contribution in [-0.4, -0.2) is 66.9 Å². The molecule has 15 heteroatoms. The van der Waals surface area contributed by atoms with Crippen molar-refractivity contribution in [3.63, 3.8) is 0 Å². The van der Waals surface area contributed by atoms with Crippen LogP contribution in [0.15, 0.2) is 41.7 Å². The molecule has 0 radical (unpaired) electrons. The number of fused-ring (bicyclic) bond motifs is 1. The van der Waals surface area contributed by atoms with E-state index >= 15 is 0 Å². The molecule has 3 aromatic rings. The van der Waals surface area contributed by atoms with E-state index in [0.29, 0.717) is 21.9 Å². The molecule has 4 rings (SSSR count). The molecule has 1 fully saturated rings. The summed E-state index contributed by atoms with van der Waals surface area (Å²) in [4.78, 5) is 23.7. The molecular formula is C20H25N6O7PS. The predicted octanol–water partition coefficient (Wildman–Crippen LogP) is 1.65. The van der Waals surface area contributed by atoms with Crippen molar-refractivity contribution in [2.24, 2.45) is 0 Å². The summed E-state index contributed by atoms with van der Waals surface area (Å²) >= 11 is 4.26. The van der Waals surface area contributed by atoms with E-state index in [1.54, 1.807) is 34.9 Å². The molecule has 1 aliphatic rings. The Bertz CT molecular complexity index is 1250. The van der Waals surface area contributed by atoms with Crippen LogP contribution < -0.4 is 15.3 Å². The van der Waals surface area contributed by atoms with Gasteiger partial charge >= 0.3 is 13.5 Å². The van der Waals surface area contributed by atoms with Crippen molar-refractivity contribution in [1.29, 1.82) is 0 Å². The largest absolute Gasteiger partial charge is 0.480 e. The van der Waals surface area contributed by atoms with Gasteiger partial charge in [0.15, 0.2) is 5.65 Å². The third-order valence-electron chi connectivity index (χ3n) is 5.23. The van der Waals surface area contributed by atoms with Crippen LogP contribution in [0.2, 0.25) is 0 Å². The van der Waals surface area contributed by atoms with Crippen molar-refractivity contribution >= 4 is 43.2 Å². The first-order valence-electron chi connectivity index (χ1n) is 10.6. The van der Waals surface area contributed by atoms with Gasteiger partial charge in [-0.05, 0) is 19.1 Å². The van der Waals surface area contributed by atoms with Crippen LogP contribution in [-0.2, 0) is 18.8 Å². The van der Waals surface area contributed by atoms with Crippen molar-refractivity contribution in [1.82, 2.24) is 24.6 Å². The number of anilines is 1. The van der Waals surface area contributed by atoms with E-state index in [9.17, 15) is 19.6 Å². The molecule has 1 aromatic carbocycles. The molecule has 5 atom stereocenters. The van der Waals surface area contributed by atoms with Gasteiger partial charge in [-0.25, -0.2) is 15.1 Å². The Hall–Kier alpha value is -2.74. The van der Waals surface area contributed by atoms with Crippen molar-refractivity contribution in [3.05, 3.63) is 36.7 Å². The molecule has 1 saturated heterocycles. The molecule has 0 bridgehead atoms. The zero-order valence-corrected chi connectivity index (χ0v) is 20.4. The van der Waals surface area contributed by atoms with Crippen LogP contribution >= 0.6 is 20.1 Å². The minimum atomic E-state index is -3.78. The number of para-hydroxylation sites is 1. The Balaban J connectivity index is 1.41. The fourth-order valence-electron chi connectivity index (χ4n) is 3.55. The lowest BCUT2D eigenvalue weighted by Crippen LogP contribution is -2.34. The number of ether oxygens (including phenoxy) is 2. The second-order valence-electron chi connectivity index (χ2n) is 7.93. The number of imidazole rings is 1. The van der Waals surface area contributed by atoms with E-state index in [0.717, 1.165) is 0 Å². The quantitative estimate of drug-likeness (QED) is 0.147. The van der Waals surface area contributed by atoms with E-state index in [4.69, 9.17) is 19.7 Å². The zero-order valence-electron chi connectivity index (χ0n) is 18.6. The van der Waals surface area contributed by atoms with Crippen LogP contribution in [0.4, 0.5) is 5.95 Å². The highest BCUT2D eigenvalue weighted by Gasteiger charge is 2.37. The van der Waals surface area contributed by atoms with Crippen LogP contribution in [0.5, 0.6) is 5.75 Å². The van der Waals surface area contributed by atoms with E-state index in [1.165, 1.54) is 13.3 Å². The summed E-state index contributed by atoms with van der Waals surface area (Å²) in [5.41, 5.74) is 6.57. The summed E-state index contributed by atoms with van der Waals surface area (Å²) in [6.45, 7) is 1.23. The average Bonchev–Trinajstić information content (AvgIpc) is 3.37. The van der Waals surface area contributed by atoms with E-state index in [1.807, 2.05) is 0 Å². The van der Waals surface area contributed by atoms with E-state index in [2.05, 4.69) is 32.7 Å². The molecule has 0 aliphatic carbocycles. The maximum Gasteiger partial charge on any atom is 0.342 e. The summed E-state index contributed by atoms with van der Waals surface area (Å²) in [7, 11) is -3.78. The zero-order chi connectivity index (χ0) is 25.2. The molecule has 0 amide bonds. The third-order valence-corrected chi connectivity index (χ3v) is 7.36. The Morgan fingerprint density at radius 3 is 2.86 bits per heavy atom. The number of aliphatic hydroxyl groups is 1. The molecule has 1 aliphatic heterocycles. The smallest absolute Gasteiger partial charge is 0.342 e. The number of carbonyl (C=O) groups is 1. The first kappa shape index (κ1) is 25.4. The number of rotatable bonds is 10. The lowest BCUT2D eigenvalue weighted by atomic mass is 10.2. The standard InChI is InChI=1S/C20H25N6O7PS/c1-11(19(28)29)25-34(30,33-12-5-3-2-4-6-12)10-31-8-14-13(27)7-15(32-14)26-9-22-16-17(26)23-20(21)24-18(16)35/h2-6,9,11,13-15,27H,7-8,10H2,1H3,(H,25,30)(H,28,29)(H3,21,23,24,35)/t11?,13-,14+,15+,34?/m0/s1. The Morgan fingerprint density at radius 2 is 2.14 bits per heavy atom.